The van der Waals surface area contributed by atoms with Gasteiger partial charge in [0.1, 0.15) is 11.4 Å². The molecule has 1 aromatic carbocycles. The first-order valence-corrected chi connectivity index (χ1v) is 8.84. The minimum Gasteiger partial charge on any atom is -0.459 e. The van der Waals surface area contributed by atoms with Gasteiger partial charge < -0.3 is 10.1 Å². The fourth-order valence-corrected chi connectivity index (χ4v) is 2.80. The molecule has 142 valence electrons. The van der Waals surface area contributed by atoms with Crippen molar-refractivity contribution in [2.75, 3.05) is 5.32 Å². The number of hydrogen-bond donors (Lipinski definition) is 1. The number of aromatic nitrogens is 2. The molecule has 0 fully saturated rings. The lowest BCUT2D eigenvalue weighted by atomic mass is 10.1. The fourth-order valence-electron chi connectivity index (χ4n) is 2.46. The smallest absolute Gasteiger partial charge is 0.342 e. The fraction of sp³-hybridized carbons (Fsp3) is 0.211. The zero-order valence-electron chi connectivity index (χ0n) is 14.9. The lowest BCUT2D eigenvalue weighted by Gasteiger charge is -2.16. The van der Waals surface area contributed by atoms with Crippen LogP contribution in [0.1, 0.15) is 29.9 Å². The van der Waals surface area contributed by atoms with Crippen LogP contribution in [0.15, 0.2) is 41.0 Å². The van der Waals surface area contributed by atoms with E-state index in [9.17, 15) is 9.18 Å². The van der Waals surface area contributed by atoms with Crippen LogP contribution in [0.4, 0.5) is 15.8 Å². The van der Waals surface area contributed by atoms with Crippen molar-refractivity contribution in [3.05, 3.63) is 58.1 Å². The van der Waals surface area contributed by atoms with Gasteiger partial charge in [-0.2, -0.15) is 0 Å². The first-order chi connectivity index (χ1) is 12.3. The van der Waals surface area contributed by atoms with Gasteiger partial charge in [0.05, 0.1) is 17.5 Å². The predicted molar refractivity (Wildman–Crippen MR) is 109 cm³/mol. The number of halogens is 3. The number of carbonyl (C=O) groups excluding carboxylic acids is 1. The van der Waals surface area contributed by atoms with E-state index in [0.29, 0.717) is 21.2 Å². The molecule has 0 unspecified atom stereocenters. The van der Waals surface area contributed by atoms with E-state index in [1.54, 1.807) is 32.0 Å². The first-order valence-electron chi connectivity index (χ1n) is 8.04. The van der Waals surface area contributed by atoms with Crippen molar-refractivity contribution in [1.29, 1.82) is 0 Å². The lowest BCUT2D eigenvalue weighted by molar-refractivity contribution is 0.0379. The molecule has 2 aromatic heterocycles. The van der Waals surface area contributed by atoms with Crippen molar-refractivity contribution in [2.24, 2.45) is 0 Å². The predicted octanol–water partition coefficient (Wildman–Crippen LogP) is 5.57. The number of nitrogens with one attached hydrogen (secondary N) is 1. The Morgan fingerprint density at radius 3 is 2.67 bits per heavy atom. The molecule has 0 atom stereocenters. The molecule has 8 heteroatoms. The first kappa shape index (κ1) is 21.1. The van der Waals surface area contributed by atoms with Crippen molar-refractivity contribution in [3.8, 4) is 0 Å². The topological polar surface area (TPSA) is 64.1 Å². The van der Waals surface area contributed by atoms with Crippen LogP contribution in [0, 0.1) is 12.7 Å². The van der Waals surface area contributed by atoms with Crippen LogP contribution in [-0.4, -0.2) is 22.0 Å². The molecule has 5 nitrogen and oxygen atoms in total. The van der Waals surface area contributed by atoms with Gasteiger partial charge in [0, 0.05) is 21.7 Å². The summed E-state index contributed by atoms with van der Waals surface area (Å²) in [6.45, 7) is 5.38. The maximum absolute atomic E-state index is 14.3. The van der Waals surface area contributed by atoms with Crippen LogP contribution in [0.3, 0.4) is 0 Å². The summed E-state index contributed by atoms with van der Waals surface area (Å²) in [6.07, 6.45) is 1.12. The molecule has 27 heavy (non-hydrogen) atoms. The molecule has 0 spiro atoms. The van der Waals surface area contributed by atoms with Crippen molar-refractivity contribution < 1.29 is 13.9 Å². The van der Waals surface area contributed by atoms with E-state index in [0.717, 1.165) is 5.69 Å². The molecular weight excluding hydrogens is 437 g/mol. The van der Waals surface area contributed by atoms with Crippen molar-refractivity contribution in [2.45, 2.75) is 26.9 Å². The maximum Gasteiger partial charge on any atom is 0.342 e. The Balaban J connectivity index is 0.00000261. The molecule has 3 rings (SSSR count). The van der Waals surface area contributed by atoms with E-state index < -0.39 is 11.8 Å². The number of hydrogen-bond acceptors (Lipinski definition) is 5. The number of aryl methyl sites for hydroxylation is 1. The second-order valence-electron chi connectivity index (χ2n) is 6.07. The molecule has 0 aliphatic carbocycles. The highest BCUT2D eigenvalue weighted by atomic mass is 79.9. The SMILES string of the molecule is Cc1ccc2c(Nc3ccc(Br)cc3F)c(C(=O)OC(C)C)cnc2n1.Cl. The summed E-state index contributed by atoms with van der Waals surface area (Å²) in [4.78, 5) is 21.1. The summed E-state index contributed by atoms with van der Waals surface area (Å²) in [5.74, 6) is -0.984. The molecule has 0 aliphatic rings. The highest BCUT2D eigenvalue weighted by Gasteiger charge is 2.19. The van der Waals surface area contributed by atoms with Crippen LogP contribution < -0.4 is 5.32 Å². The van der Waals surface area contributed by atoms with E-state index in [-0.39, 0.29) is 29.8 Å². The highest BCUT2D eigenvalue weighted by molar-refractivity contribution is 9.10. The number of carbonyl (C=O) groups is 1. The third kappa shape index (κ3) is 4.73. The monoisotopic (exact) mass is 453 g/mol. The molecular formula is C19H18BrClFN3O2. The van der Waals surface area contributed by atoms with Crippen LogP contribution in [0.25, 0.3) is 11.0 Å². The summed E-state index contributed by atoms with van der Waals surface area (Å²) in [5, 5.41) is 3.62. The number of esters is 1. The molecule has 1 N–H and O–H groups in total. The zero-order valence-corrected chi connectivity index (χ0v) is 17.3. The molecule has 0 saturated heterocycles. The van der Waals surface area contributed by atoms with Crippen molar-refractivity contribution in [3.63, 3.8) is 0 Å². The van der Waals surface area contributed by atoms with E-state index in [4.69, 9.17) is 4.74 Å². The maximum atomic E-state index is 14.3. The number of benzene rings is 1. The van der Waals surface area contributed by atoms with Crippen LogP contribution in [0.2, 0.25) is 0 Å². The standard InChI is InChI=1S/C19H17BrFN3O2.ClH/c1-10(2)26-19(25)14-9-22-18-13(6-4-11(3)23-18)17(14)24-16-7-5-12(20)8-15(16)21;/h4-10H,1-3H3,(H,22,23,24);1H. The summed E-state index contributed by atoms with van der Waals surface area (Å²) >= 11 is 3.23. The van der Waals surface area contributed by atoms with Gasteiger partial charge in [0.15, 0.2) is 5.65 Å². The molecule has 0 radical (unpaired) electrons. The van der Waals surface area contributed by atoms with Gasteiger partial charge in [-0.1, -0.05) is 15.9 Å². The van der Waals surface area contributed by atoms with Crippen molar-refractivity contribution in [1.82, 2.24) is 9.97 Å². The average Bonchev–Trinajstić information content (AvgIpc) is 2.56. The van der Waals surface area contributed by atoms with E-state index >= 15 is 0 Å². The Labute approximate surface area is 170 Å². The highest BCUT2D eigenvalue weighted by Crippen LogP contribution is 2.31. The van der Waals surface area contributed by atoms with E-state index in [1.807, 2.05) is 13.0 Å². The van der Waals surface area contributed by atoms with Gasteiger partial charge in [-0.05, 0) is 51.1 Å². The summed E-state index contributed by atoms with van der Waals surface area (Å²) in [5.41, 5.74) is 2.13. The minimum atomic E-state index is -0.532. The minimum absolute atomic E-state index is 0. The Hall–Kier alpha value is -2.25. The van der Waals surface area contributed by atoms with Gasteiger partial charge in [-0.3, -0.25) is 0 Å². The normalized spacial score (nSPS) is 10.6. The van der Waals surface area contributed by atoms with Crippen LogP contribution in [0.5, 0.6) is 0 Å². The lowest BCUT2D eigenvalue weighted by Crippen LogP contribution is -2.14. The largest absolute Gasteiger partial charge is 0.459 e. The summed E-state index contributed by atoms with van der Waals surface area (Å²) in [7, 11) is 0. The third-order valence-electron chi connectivity index (χ3n) is 3.62. The zero-order chi connectivity index (χ0) is 18.8. The molecule has 0 amide bonds. The van der Waals surface area contributed by atoms with Crippen molar-refractivity contribution >= 4 is 56.7 Å². The number of rotatable bonds is 4. The molecule has 0 aliphatic heterocycles. The Bertz CT molecular complexity index is 998. The van der Waals surface area contributed by atoms with Gasteiger partial charge in [0.25, 0.3) is 0 Å². The van der Waals surface area contributed by atoms with Gasteiger partial charge in [-0.25, -0.2) is 19.2 Å². The third-order valence-corrected chi connectivity index (χ3v) is 4.12. The van der Waals surface area contributed by atoms with Gasteiger partial charge >= 0.3 is 5.97 Å². The molecule has 0 saturated carbocycles. The number of fused-ring (bicyclic) bond motifs is 1. The number of pyridine rings is 2. The van der Waals surface area contributed by atoms with E-state index in [1.165, 1.54) is 12.3 Å². The molecule has 2 heterocycles. The Morgan fingerprint density at radius 1 is 1.26 bits per heavy atom. The Kier molecular flexibility index (Phi) is 6.73. The summed E-state index contributed by atoms with van der Waals surface area (Å²) < 4.78 is 20.2. The number of anilines is 2. The number of nitrogens with zero attached hydrogens (tertiary/aromatic N) is 2. The van der Waals surface area contributed by atoms with E-state index in [2.05, 4.69) is 31.2 Å². The molecule has 3 aromatic rings. The second-order valence-corrected chi connectivity index (χ2v) is 6.99. The van der Waals surface area contributed by atoms with Gasteiger partial charge in [0.2, 0.25) is 0 Å². The second kappa shape index (κ2) is 8.63. The van der Waals surface area contributed by atoms with Crippen LogP contribution in [-0.2, 0) is 4.74 Å². The average molecular weight is 455 g/mol. The Morgan fingerprint density at radius 2 is 2.00 bits per heavy atom. The van der Waals surface area contributed by atoms with Gasteiger partial charge in [-0.15, -0.1) is 12.4 Å². The molecule has 0 bridgehead atoms. The summed E-state index contributed by atoms with van der Waals surface area (Å²) in [6, 6.07) is 8.26. The number of ether oxygens (including phenoxy) is 1. The quantitative estimate of drug-likeness (QED) is 0.522. The van der Waals surface area contributed by atoms with Crippen LogP contribution >= 0.6 is 28.3 Å².